The molecular formula is C28H23ClN2O. The van der Waals surface area contributed by atoms with Crippen LogP contribution in [0.5, 0.6) is 0 Å². The van der Waals surface area contributed by atoms with Crippen LogP contribution in [0.15, 0.2) is 73.1 Å². The maximum atomic E-state index is 12.9. The van der Waals surface area contributed by atoms with Gasteiger partial charge in [0.25, 0.3) is 0 Å². The highest BCUT2D eigenvalue weighted by molar-refractivity contribution is 6.30. The summed E-state index contributed by atoms with van der Waals surface area (Å²) < 4.78 is 0. The van der Waals surface area contributed by atoms with Crippen molar-refractivity contribution in [2.45, 2.75) is 32.6 Å². The minimum Gasteiger partial charge on any atom is -0.294 e. The highest BCUT2D eigenvalue weighted by Crippen LogP contribution is 2.33. The number of rotatable bonds is 6. The molecule has 158 valence electrons. The van der Waals surface area contributed by atoms with Gasteiger partial charge >= 0.3 is 0 Å². The van der Waals surface area contributed by atoms with Crippen LogP contribution in [0.2, 0.25) is 5.02 Å². The largest absolute Gasteiger partial charge is 0.294 e. The second-order valence-corrected chi connectivity index (χ2v) is 8.85. The van der Waals surface area contributed by atoms with Crippen LogP contribution in [-0.2, 0) is 12.8 Å². The molecule has 0 saturated heterocycles. The van der Waals surface area contributed by atoms with Crippen LogP contribution in [0.25, 0.3) is 16.5 Å². The molecule has 0 atom stereocenters. The van der Waals surface area contributed by atoms with Crippen LogP contribution in [0.4, 0.5) is 0 Å². The number of carbonyl (C=O) groups is 1. The average Bonchev–Trinajstić information content (AvgIpc) is 3.19. The number of halogens is 1. The van der Waals surface area contributed by atoms with Gasteiger partial charge in [0.05, 0.1) is 5.52 Å². The molecule has 4 heteroatoms. The van der Waals surface area contributed by atoms with Crippen molar-refractivity contribution in [2.24, 2.45) is 0 Å². The number of hydrogen-bond donors (Lipinski definition) is 0. The number of nitrogens with zero attached hydrogens (tertiary/aromatic N) is 2. The molecule has 0 radical (unpaired) electrons. The first-order chi connectivity index (χ1) is 15.5. The lowest BCUT2D eigenvalue weighted by Gasteiger charge is -2.08. The molecule has 4 aromatic rings. The average molecular weight is 439 g/mol. The normalized spacial score (nSPS) is 12.6. The molecule has 3 nitrogen and oxygen atoms in total. The van der Waals surface area contributed by atoms with Crippen molar-refractivity contribution >= 4 is 33.9 Å². The first-order valence-electron chi connectivity index (χ1n) is 10.9. The number of pyridine rings is 2. The zero-order chi connectivity index (χ0) is 22.1. The van der Waals surface area contributed by atoms with E-state index < -0.39 is 0 Å². The lowest BCUT2D eigenvalue weighted by Crippen LogP contribution is -2.02. The number of fused-ring (bicyclic) bond motifs is 2. The Labute approximate surface area is 192 Å². The Morgan fingerprint density at radius 2 is 1.94 bits per heavy atom. The van der Waals surface area contributed by atoms with Gasteiger partial charge in [-0.2, -0.15) is 0 Å². The van der Waals surface area contributed by atoms with E-state index in [-0.39, 0.29) is 5.78 Å². The quantitative estimate of drug-likeness (QED) is 0.311. The SMILES string of the molecule is Cc1cnc2ccc(Cc3cc(C(=O)CCC4=CCc5ccc(Cl)cc54)ccn3)cc2c1. The molecule has 0 bridgehead atoms. The van der Waals surface area contributed by atoms with Gasteiger partial charge in [-0.25, -0.2) is 0 Å². The summed E-state index contributed by atoms with van der Waals surface area (Å²) in [5.74, 6) is 0.142. The molecule has 0 aliphatic heterocycles. The molecule has 5 rings (SSSR count). The van der Waals surface area contributed by atoms with Gasteiger partial charge in [0, 0.05) is 46.9 Å². The number of benzene rings is 2. The zero-order valence-electron chi connectivity index (χ0n) is 17.9. The topological polar surface area (TPSA) is 42.9 Å². The summed E-state index contributed by atoms with van der Waals surface area (Å²) >= 11 is 6.17. The van der Waals surface area contributed by atoms with Gasteiger partial charge in [-0.15, -0.1) is 0 Å². The predicted molar refractivity (Wildman–Crippen MR) is 130 cm³/mol. The van der Waals surface area contributed by atoms with Crippen LogP contribution < -0.4 is 0 Å². The molecule has 1 aliphatic rings. The summed E-state index contributed by atoms with van der Waals surface area (Å²) in [6, 6.07) is 18.2. The molecule has 0 unspecified atom stereocenters. The number of carbonyl (C=O) groups excluding carboxylic acids is 1. The van der Waals surface area contributed by atoms with E-state index in [1.807, 2.05) is 43.5 Å². The van der Waals surface area contributed by atoms with Crippen LogP contribution in [-0.4, -0.2) is 15.8 Å². The third-order valence-electron chi connectivity index (χ3n) is 6.01. The molecule has 2 heterocycles. The molecule has 2 aromatic carbocycles. The number of hydrogen-bond acceptors (Lipinski definition) is 3. The highest BCUT2D eigenvalue weighted by atomic mass is 35.5. The summed E-state index contributed by atoms with van der Waals surface area (Å²) in [4.78, 5) is 21.9. The monoisotopic (exact) mass is 438 g/mol. The van der Waals surface area contributed by atoms with Crippen molar-refractivity contribution in [1.29, 1.82) is 0 Å². The first-order valence-corrected chi connectivity index (χ1v) is 11.2. The van der Waals surface area contributed by atoms with E-state index in [2.05, 4.69) is 40.3 Å². The lowest BCUT2D eigenvalue weighted by atomic mass is 9.98. The Balaban J connectivity index is 1.28. The van der Waals surface area contributed by atoms with E-state index in [1.54, 1.807) is 6.20 Å². The summed E-state index contributed by atoms with van der Waals surface area (Å²) in [5.41, 5.74) is 8.58. The molecule has 1 aliphatic carbocycles. The Bertz CT molecular complexity index is 1370. The minimum absolute atomic E-state index is 0.142. The Kier molecular flexibility index (Phi) is 5.59. The Hall–Kier alpha value is -3.30. The smallest absolute Gasteiger partial charge is 0.163 e. The summed E-state index contributed by atoms with van der Waals surface area (Å²) in [6.45, 7) is 2.05. The van der Waals surface area contributed by atoms with Crippen molar-refractivity contribution < 1.29 is 4.79 Å². The third kappa shape index (κ3) is 4.35. The lowest BCUT2D eigenvalue weighted by molar-refractivity contribution is 0.0984. The summed E-state index contributed by atoms with van der Waals surface area (Å²) in [7, 11) is 0. The van der Waals surface area contributed by atoms with Crippen molar-refractivity contribution in [2.75, 3.05) is 0 Å². The van der Waals surface area contributed by atoms with Gasteiger partial charge in [0.1, 0.15) is 0 Å². The summed E-state index contributed by atoms with van der Waals surface area (Å²) in [6.07, 6.45) is 8.62. The first kappa shape index (κ1) is 20.6. The van der Waals surface area contributed by atoms with Crippen LogP contribution in [0.3, 0.4) is 0 Å². The zero-order valence-corrected chi connectivity index (χ0v) is 18.7. The second kappa shape index (κ2) is 8.68. The van der Waals surface area contributed by atoms with Gasteiger partial charge < -0.3 is 0 Å². The number of aromatic nitrogens is 2. The predicted octanol–water partition coefficient (Wildman–Crippen LogP) is 6.79. The van der Waals surface area contributed by atoms with E-state index in [4.69, 9.17) is 11.6 Å². The van der Waals surface area contributed by atoms with Gasteiger partial charge in [-0.05, 0) is 90.1 Å². The van der Waals surface area contributed by atoms with Crippen molar-refractivity contribution in [3.05, 3.63) is 112 Å². The van der Waals surface area contributed by atoms with E-state index in [0.29, 0.717) is 12.8 Å². The molecule has 0 amide bonds. The fourth-order valence-corrected chi connectivity index (χ4v) is 4.53. The Morgan fingerprint density at radius 3 is 2.84 bits per heavy atom. The van der Waals surface area contributed by atoms with Crippen molar-refractivity contribution in [3.63, 3.8) is 0 Å². The Morgan fingerprint density at radius 1 is 1.03 bits per heavy atom. The number of ketones is 1. The number of Topliss-reactive ketones (excluding diaryl/α,β-unsaturated/α-hetero) is 1. The molecule has 0 fully saturated rings. The van der Waals surface area contributed by atoms with E-state index >= 15 is 0 Å². The second-order valence-electron chi connectivity index (χ2n) is 8.41. The fraction of sp³-hybridized carbons (Fsp3) is 0.179. The van der Waals surface area contributed by atoms with E-state index in [1.165, 1.54) is 16.7 Å². The molecule has 32 heavy (non-hydrogen) atoms. The third-order valence-corrected chi connectivity index (χ3v) is 6.25. The van der Waals surface area contributed by atoms with Crippen LogP contribution in [0.1, 0.15) is 51.1 Å². The molecular weight excluding hydrogens is 416 g/mol. The van der Waals surface area contributed by atoms with Gasteiger partial charge in [-0.3, -0.25) is 14.8 Å². The van der Waals surface area contributed by atoms with Crippen molar-refractivity contribution in [1.82, 2.24) is 9.97 Å². The van der Waals surface area contributed by atoms with E-state index in [0.717, 1.165) is 51.2 Å². The number of allylic oxidation sites excluding steroid dienone is 2. The molecule has 0 N–H and O–H groups in total. The van der Waals surface area contributed by atoms with Gasteiger partial charge in [-0.1, -0.05) is 29.8 Å². The van der Waals surface area contributed by atoms with Crippen LogP contribution in [0, 0.1) is 6.92 Å². The molecule has 2 aromatic heterocycles. The minimum atomic E-state index is 0.142. The van der Waals surface area contributed by atoms with Gasteiger partial charge in [0.2, 0.25) is 0 Å². The van der Waals surface area contributed by atoms with E-state index in [9.17, 15) is 4.79 Å². The van der Waals surface area contributed by atoms with Crippen LogP contribution >= 0.6 is 11.6 Å². The highest BCUT2D eigenvalue weighted by Gasteiger charge is 2.16. The number of aryl methyl sites for hydroxylation is 1. The fourth-order valence-electron chi connectivity index (χ4n) is 4.36. The standard InChI is InChI=1S/C28H23ClN2O/c1-18-12-23-13-19(2-8-27(23)31-17-18)14-25-15-22(10-11-30-25)28(32)9-6-21-4-3-20-5-7-24(29)16-26(20)21/h2,4-5,7-8,10-13,15-17H,3,6,9,14H2,1H3. The maximum Gasteiger partial charge on any atom is 0.163 e. The molecule has 0 spiro atoms. The van der Waals surface area contributed by atoms with Gasteiger partial charge in [0.15, 0.2) is 5.78 Å². The molecule has 0 saturated carbocycles. The maximum absolute atomic E-state index is 12.9. The summed E-state index contributed by atoms with van der Waals surface area (Å²) in [5, 5.41) is 1.86. The van der Waals surface area contributed by atoms with Crippen molar-refractivity contribution in [3.8, 4) is 0 Å².